The van der Waals surface area contributed by atoms with Crippen LogP contribution >= 0.6 is 0 Å². The number of hydrogen-bond acceptors (Lipinski definition) is 2. The number of carbonyl (C=O) groups is 1. The van der Waals surface area contributed by atoms with Gasteiger partial charge in [-0.15, -0.1) is 11.5 Å². The van der Waals surface area contributed by atoms with Gasteiger partial charge in [-0.05, 0) is 0 Å². The molecule has 0 aromatic heterocycles. The van der Waals surface area contributed by atoms with Crippen molar-refractivity contribution in [2.75, 3.05) is 0 Å². The maximum atomic E-state index is 9.32. The van der Waals surface area contributed by atoms with Crippen molar-refractivity contribution in [1.29, 1.82) is 0 Å². The average Bonchev–Trinajstić information content (AvgIpc) is 1.61. The first-order valence-electron chi connectivity index (χ1n) is 1.28. The Bertz CT molecular complexity index is 113. The Morgan fingerprint density at radius 3 is 2.11 bits per heavy atom. The van der Waals surface area contributed by atoms with E-state index in [0.717, 1.165) is 6.41 Å². The Morgan fingerprint density at radius 2 is 2.00 bits per heavy atom. The SMILES string of the molecule is O=[C-]N=NC(=O)O.[K+].[OH3+]. The van der Waals surface area contributed by atoms with Gasteiger partial charge < -0.3 is 20.5 Å². The molecule has 0 unspecified atom stereocenters. The molecular weight excluding hydrogens is 155 g/mol. The van der Waals surface area contributed by atoms with Crippen molar-refractivity contribution < 1.29 is 71.6 Å². The second kappa shape index (κ2) is 11.2. The predicted molar refractivity (Wildman–Crippen MR) is 23.4 cm³/mol. The van der Waals surface area contributed by atoms with Crippen molar-refractivity contribution in [2.45, 2.75) is 0 Å². The molecule has 0 heterocycles. The Hall–Kier alpha value is 0.336. The molecule has 0 rings (SSSR count). The van der Waals surface area contributed by atoms with Crippen LogP contribution in [0.5, 0.6) is 0 Å². The minimum atomic E-state index is -1.50. The van der Waals surface area contributed by atoms with Crippen LogP contribution in [0.4, 0.5) is 4.79 Å². The molecule has 0 spiro atoms. The first-order valence-corrected chi connectivity index (χ1v) is 1.28. The van der Waals surface area contributed by atoms with Gasteiger partial charge in [0.1, 0.15) is 0 Å². The zero-order valence-corrected chi connectivity index (χ0v) is 7.86. The van der Waals surface area contributed by atoms with Gasteiger partial charge in [-0.3, -0.25) is 0 Å². The average molecular weight is 159 g/mol. The summed E-state index contributed by atoms with van der Waals surface area (Å²) in [5.41, 5.74) is 0. The van der Waals surface area contributed by atoms with E-state index in [1.807, 2.05) is 0 Å². The van der Waals surface area contributed by atoms with E-state index in [0.29, 0.717) is 0 Å². The summed E-state index contributed by atoms with van der Waals surface area (Å²) in [4.78, 5) is 18.4. The fraction of sp³-hybridized carbons (Fsp3) is 0. The fourth-order valence-corrected chi connectivity index (χ4v) is 0.0632. The first-order chi connectivity index (χ1) is 3.27. The quantitative estimate of drug-likeness (QED) is 0.183. The molecule has 0 aromatic carbocycles. The summed E-state index contributed by atoms with van der Waals surface area (Å²) in [5.74, 6) is 0. The van der Waals surface area contributed by atoms with E-state index < -0.39 is 6.09 Å². The van der Waals surface area contributed by atoms with Crippen LogP contribution < -0.4 is 51.4 Å². The molecule has 0 aliphatic heterocycles. The molecule has 7 heteroatoms. The number of nitrogens with zero attached hydrogens (tertiary/aromatic N) is 2. The normalized spacial score (nSPS) is 7.11. The number of rotatable bonds is 1. The Labute approximate surface area is 93.1 Å². The topological polar surface area (TPSA) is 112 Å². The zero-order valence-electron chi connectivity index (χ0n) is 4.74. The second-order valence-corrected chi connectivity index (χ2v) is 0.574. The second-order valence-electron chi connectivity index (χ2n) is 0.574. The van der Waals surface area contributed by atoms with Crippen LogP contribution in [-0.2, 0) is 10.3 Å². The van der Waals surface area contributed by atoms with E-state index in [1.54, 1.807) is 0 Å². The van der Waals surface area contributed by atoms with Gasteiger partial charge in [0.15, 0.2) is 0 Å². The Balaban J connectivity index is -0.000000180. The van der Waals surface area contributed by atoms with Crippen LogP contribution in [0.3, 0.4) is 0 Å². The summed E-state index contributed by atoms with van der Waals surface area (Å²) >= 11 is 0. The monoisotopic (exact) mass is 159 g/mol. The van der Waals surface area contributed by atoms with E-state index >= 15 is 0 Å². The largest absolute Gasteiger partial charge is 1.00 e. The van der Waals surface area contributed by atoms with Crippen molar-refractivity contribution in [1.82, 2.24) is 0 Å². The molecule has 46 valence electrons. The standard InChI is InChI=1S/C2HN2O3.K.H2O/c5-1-3-4-2(6)7;;/h(H,6,7);;1H2/q-1;+1;/p+1. The number of amides is 2. The van der Waals surface area contributed by atoms with Crippen molar-refractivity contribution in [3.63, 3.8) is 0 Å². The van der Waals surface area contributed by atoms with Gasteiger partial charge in [0.25, 0.3) is 0 Å². The summed E-state index contributed by atoms with van der Waals surface area (Å²) in [6, 6.07) is 0. The van der Waals surface area contributed by atoms with Crippen LogP contribution in [-0.4, -0.2) is 17.6 Å². The third kappa shape index (κ3) is 17.8. The number of azo groups is 1. The molecule has 6 nitrogen and oxygen atoms in total. The van der Waals surface area contributed by atoms with Gasteiger partial charge in [0.2, 0.25) is 0 Å². The molecule has 4 N–H and O–H groups in total. The molecule has 0 saturated carbocycles. The van der Waals surface area contributed by atoms with Gasteiger partial charge in [-0.1, -0.05) is 0 Å². The third-order valence-electron chi connectivity index (χ3n) is 0.176. The minimum absolute atomic E-state index is 0. The summed E-state index contributed by atoms with van der Waals surface area (Å²) in [7, 11) is 0. The van der Waals surface area contributed by atoms with Crippen LogP contribution in [0.2, 0.25) is 0 Å². The molecule has 2 amide bonds. The molecule has 0 aliphatic rings. The van der Waals surface area contributed by atoms with Crippen LogP contribution in [0.25, 0.3) is 0 Å². The van der Waals surface area contributed by atoms with Crippen molar-refractivity contribution >= 4 is 12.5 Å². The number of hydrogen-bond donors (Lipinski definition) is 1. The van der Waals surface area contributed by atoms with Crippen molar-refractivity contribution in [3.05, 3.63) is 0 Å². The molecule has 0 fully saturated rings. The Kier molecular flexibility index (Phi) is 20.1. The predicted octanol–water partition coefficient (Wildman–Crippen LogP) is -3.73. The van der Waals surface area contributed by atoms with Crippen molar-refractivity contribution in [2.24, 2.45) is 10.2 Å². The van der Waals surface area contributed by atoms with E-state index in [4.69, 9.17) is 9.90 Å². The van der Waals surface area contributed by atoms with Gasteiger partial charge in [-0.25, -0.2) is 4.79 Å². The summed E-state index contributed by atoms with van der Waals surface area (Å²) in [6.07, 6.45) is -0.570. The zero-order chi connectivity index (χ0) is 5.70. The summed E-state index contributed by atoms with van der Waals surface area (Å²) in [6.45, 7) is 0. The first kappa shape index (κ1) is 16.2. The molecular formula is C2H4KN2O4+. The van der Waals surface area contributed by atoms with Crippen molar-refractivity contribution in [3.8, 4) is 0 Å². The minimum Gasteiger partial charge on any atom is -0.516 e. The van der Waals surface area contributed by atoms with E-state index in [-0.39, 0.29) is 56.9 Å². The molecule has 0 bridgehead atoms. The van der Waals surface area contributed by atoms with E-state index in [9.17, 15) is 4.79 Å². The Morgan fingerprint density at radius 1 is 1.56 bits per heavy atom. The van der Waals surface area contributed by atoms with E-state index in [2.05, 4.69) is 10.2 Å². The van der Waals surface area contributed by atoms with E-state index in [1.165, 1.54) is 0 Å². The van der Waals surface area contributed by atoms with Gasteiger partial charge >= 0.3 is 57.5 Å². The van der Waals surface area contributed by atoms with Gasteiger partial charge in [0.05, 0.1) is 0 Å². The molecule has 0 aromatic rings. The van der Waals surface area contributed by atoms with Crippen LogP contribution in [0.15, 0.2) is 10.2 Å². The fourth-order valence-electron chi connectivity index (χ4n) is 0.0632. The smallest absolute Gasteiger partial charge is 0.516 e. The molecule has 0 atom stereocenters. The summed E-state index contributed by atoms with van der Waals surface area (Å²) < 4.78 is 0. The van der Waals surface area contributed by atoms with Gasteiger partial charge in [0, 0.05) is 0 Å². The maximum Gasteiger partial charge on any atom is 1.00 e. The molecule has 9 heavy (non-hydrogen) atoms. The molecule has 0 saturated heterocycles. The third-order valence-corrected chi connectivity index (χ3v) is 0.176. The number of carboxylic acid groups (broad SMARTS) is 1. The molecule has 0 aliphatic carbocycles. The molecule has 0 radical (unpaired) electrons. The van der Waals surface area contributed by atoms with Crippen LogP contribution in [0.1, 0.15) is 0 Å². The number of carbonyl (C=O) groups excluding carboxylic acids is 1. The van der Waals surface area contributed by atoms with Gasteiger partial charge in [-0.2, -0.15) is 0 Å². The van der Waals surface area contributed by atoms with Crippen LogP contribution in [0, 0.1) is 0 Å². The summed E-state index contributed by atoms with van der Waals surface area (Å²) in [5, 5.41) is 12.4. The maximum absolute atomic E-state index is 9.32.